The summed E-state index contributed by atoms with van der Waals surface area (Å²) in [5, 5.41) is 0. The largest absolute Gasteiger partial charge is 0.334 e. The highest BCUT2D eigenvalue weighted by atomic mass is 16.2. The number of amides is 1. The van der Waals surface area contributed by atoms with Gasteiger partial charge in [0, 0.05) is 24.2 Å². The topological polar surface area (TPSA) is 38.1 Å². The first-order valence-corrected chi connectivity index (χ1v) is 8.14. The van der Waals surface area contributed by atoms with Crippen LogP contribution in [0.3, 0.4) is 0 Å². The summed E-state index contributed by atoms with van der Waals surface area (Å²) in [4.78, 5) is 18.7. The number of carbonyl (C=O) groups is 1. The Labute approximate surface area is 120 Å². The molecule has 1 amide bonds. The van der Waals surface area contributed by atoms with Gasteiger partial charge in [0.2, 0.25) is 5.91 Å². The zero-order chi connectivity index (χ0) is 13.5. The van der Waals surface area contributed by atoms with E-state index in [2.05, 4.69) is 14.5 Å². The Morgan fingerprint density at radius 1 is 1.10 bits per heavy atom. The van der Waals surface area contributed by atoms with Crippen molar-refractivity contribution in [3.63, 3.8) is 0 Å². The number of hydrogen-bond donors (Lipinski definition) is 0. The van der Waals surface area contributed by atoms with Crippen molar-refractivity contribution in [2.75, 3.05) is 0 Å². The predicted molar refractivity (Wildman–Crippen MR) is 76.0 cm³/mol. The van der Waals surface area contributed by atoms with Gasteiger partial charge in [-0.1, -0.05) is 19.3 Å². The van der Waals surface area contributed by atoms with Gasteiger partial charge in [-0.25, -0.2) is 4.98 Å². The molecular formula is C16H23N3O. The minimum Gasteiger partial charge on any atom is -0.334 e. The molecule has 4 nitrogen and oxygen atoms in total. The summed E-state index contributed by atoms with van der Waals surface area (Å²) in [5.41, 5.74) is 1.23. The van der Waals surface area contributed by atoms with E-state index in [1.165, 1.54) is 44.2 Å². The summed E-state index contributed by atoms with van der Waals surface area (Å²) < 4.78 is 2.35. The third kappa shape index (κ3) is 1.97. The van der Waals surface area contributed by atoms with Gasteiger partial charge in [-0.2, -0.15) is 0 Å². The maximum absolute atomic E-state index is 12.3. The quantitative estimate of drug-likeness (QED) is 0.849. The van der Waals surface area contributed by atoms with Gasteiger partial charge in [-0.05, 0) is 32.1 Å². The van der Waals surface area contributed by atoms with Crippen LogP contribution in [0.2, 0.25) is 0 Å². The SMILES string of the molecule is O=C1[C@@H]2CC[C@@H](C2)N1Cc1cncn1C1CCCCC1. The molecule has 0 N–H and O–H groups in total. The lowest BCUT2D eigenvalue weighted by atomic mass is 9.95. The average molecular weight is 273 g/mol. The molecule has 108 valence electrons. The summed E-state index contributed by atoms with van der Waals surface area (Å²) in [7, 11) is 0. The minimum absolute atomic E-state index is 0.325. The molecule has 1 aliphatic heterocycles. The maximum Gasteiger partial charge on any atom is 0.226 e. The van der Waals surface area contributed by atoms with E-state index in [9.17, 15) is 4.79 Å². The summed E-state index contributed by atoms with van der Waals surface area (Å²) >= 11 is 0. The van der Waals surface area contributed by atoms with Crippen LogP contribution in [0.4, 0.5) is 0 Å². The Bertz CT molecular complexity index is 504. The lowest BCUT2D eigenvalue weighted by Gasteiger charge is -2.30. The summed E-state index contributed by atoms with van der Waals surface area (Å²) in [6.45, 7) is 0.774. The van der Waals surface area contributed by atoms with Crippen molar-refractivity contribution in [3.8, 4) is 0 Å². The lowest BCUT2D eigenvalue weighted by Crippen LogP contribution is -2.37. The highest BCUT2D eigenvalue weighted by molar-refractivity contribution is 5.82. The number of nitrogens with zero attached hydrogens (tertiary/aromatic N) is 3. The van der Waals surface area contributed by atoms with Gasteiger partial charge in [-0.3, -0.25) is 4.79 Å². The molecule has 0 radical (unpaired) electrons. The molecule has 1 aromatic rings. The monoisotopic (exact) mass is 273 g/mol. The van der Waals surface area contributed by atoms with Crippen LogP contribution < -0.4 is 0 Å². The third-order valence-corrected chi connectivity index (χ3v) is 5.52. The molecule has 4 heteroatoms. The van der Waals surface area contributed by atoms with Crippen LogP contribution in [0.15, 0.2) is 12.5 Å². The molecule has 2 aliphatic carbocycles. The molecule has 1 aromatic heterocycles. The van der Waals surface area contributed by atoms with Crippen LogP contribution in [0.25, 0.3) is 0 Å². The van der Waals surface area contributed by atoms with Gasteiger partial charge < -0.3 is 9.47 Å². The van der Waals surface area contributed by atoms with Crippen LogP contribution >= 0.6 is 0 Å². The van der Waals surface area contributed by atoms with Gasteiger partial charge >= 0.3 is 0 Å². The van der Waals surface area contributed by atoms with Crippen molar-refractivity contribution in [3.05, 3.63) is 18.2 Å². The second-order valence-corrected chi connectivity index (χ2v) is 6.71. The Morgan fingerprint density at radius 3 is 2.70 bits per heavy atom. The van der Waals surface area contributed by atoms with E-state index in [0.29, 0.717) is 23.9 Å². The molecule has 1 saturated heterocycles. The van der Waals surface area contributed by atoms with E-state index in [4.69, 9.17) is 0 Å². The van der Waals surface area contributed by atoms with Crippen LogP contribution in [-0.2, 0) is 11.3 Å². The second kappa shape index (κ2) is 4.90. The number of rotatable bonds is 3. The number of carbonyl (C=O) groups excluding carboxylic acids is 1. The Morgan fingerprint density at radius 2 is 1.95 bits per heavy atom. The standard InChI is InChI=1S/C16H23N3O/c20-16-12-6-7-14(8-12)18(16)10-15-9-17-11-19(15)13-4-2-1-3-5-13/h9,11-14H,1-8,10H2/t12-,14+/m1/s1. The van der Waals surface area contributed by atoms with Gasteiger partial charge in [0.15, 0.2) is 0 Å². The molecule has 0 spiro atoms. The van der Waals surface area contributed by atoms with Crippen molar-refractivity contribution in [1.29, 1.82) is 0 Å². The van der Waals surface area contributed by atoms with Crippen molar-refractivity contribution >= 4 is 5.91 Å². The summed E-state index contributed by atoms with van der Waals surface area (Å²) in [6, 6.07) is 1.11. The summed E-state index contributed by atoms with van der Waals surface area (Å²) in [5.74, 6) is 0.712. The van der Waals surface area contributed by atoms with Crippen LogP contribution in [0.5, 0.6) is 0 Å². The van der Waals surface area contributed by atoms with Crippen LogP contribution in [0, 0.1) is 5.92 Å². The highest BCUT2D eigenvalue weighted by Crippen LogP contribution is 2.39. The molecule has 0 aromatic carbocycles. The number of imidazole rings is 1. The summed E-state index contributed by atoms with van der Waals surface area (Å²) in [6.07, 6.45) is 13.9. The van der Waals surface area contributed by atoms with Crippen LogP contribution in [-0.4, -0.2) is 26.4 Å². The van der Waals surface area contributed by atoms with Crippen molar-refractivity contribution in [1.82, 2.24) is 14.5 Å². The molecular weight excluding hydrogens is 250 g/mol. The normalized spacial score (nSPS) is 30.4. The molecule has 2 atom stereocenters. The van der Waals surface area contributed by atoms with E-state index in [1.807, 2.05) is 12.5 Å². The minimum atomic E-state index is 0.325. The molecule has 4 rings (SSSR count). The molecule has 2 heterocycles. The smallest absolute Gasteiger partial charge is 0.226 e. The predicted octanol–water partition coefficient (Wildman–Crippen LogP) is 2.90. The fourth-order valence-corrected chi connectivity index (χ4v) is 4.40. The Hall–Kier alpha value is -1.32. The van der Waals surface area contributed by atoms with Crippen LogP contribution in [0.1, 0.15) is 63.1 Å². The van der Waals surface area contributed by atoms with E-state index < -0.39 is 0 Å². The molecule has 20 heavy (non-hydrogen) atoms. The van der Waals surface area contributed by atoms with E-state index in [-0.39, 0.29) is 0 Å². The fraction of sp³-hybridized carbons (Fsp3) is 0.750. The Balaban J connectivity index is 1.52. The first-order chi connectivity index (χ1) is 9.83. The van der Waals surface area contributed by atoms with E-state index in [1.54, 1.807) is 0 Å². The van der Waals surface area contributed by atoms with Gasteiger partial charge in [0.1, 0.15) is 0 Å². The third-order valence-electron chi connectivity index (χ3n) is 5.52. The van der Waals surface area contributed by atoms with Crippen molar-refractivity contribution in [2.24, 2.45) is 5.92 Å². The molecule has 2 saturated carbocycles. The van der Waals surface area contributed by atoms with Gasteiger partial charge in [0.05, 0.1) is 18.6 Å². The average Bonchev–Trinajstić information content (AvgIpc) is 3.19. The fourth-order valence-electron chi connectivity index (χ4n) is 4.40. The zero-order valence-corrected chi connectivity index (χ0v) is 12.0. The number of aromatic nitrogens is 2. The van der Waals surface area contributed by atoms with Gasteiger partial charge in [0.25, 0.3) is 0 Å². The number of hydrogen-bond acceptors (Lipinski definition) is 2. The van der Waals surface area contributed by atoms with Gasteiger partial charge in [-0.15, -0.1) is 0 Å². The number of piperidine rings is 1. The van der Waals surface area contributed by atoms with Crippen molar-refractivity contribution in [2.45, 2.75) is 70.0 Å². The van der Waals surface area contributed by atoms with E-state index in [0.717, 1.165) is 19.4 Å². The van der Waals surface area contributed by atoms with Crippen molar-refractivity contribution < 1.29 is 4.79 Å². The van der Waals surface area contributed by atoms with E-state index >= 15 is 0 Å². The highest BCUT2D eigenvalue weighted by Gasteiger charge is 2.44. The lowest BCUT2D eigenvalue weighted by molar-refractivity contribution is -0.134. The molecule has 0 unspecified atom stereocenters. The maximum atomic E-state index is 12.3. The molecule has 2 bridgehead atoms. The molecule has 3 aliphatic rings. The number of likely N-dealkylation sites (tertiary alicyclic amines) is 1. The first-order valence-electron chi connectivity index (χ1n) is 8.14. The number of fused-ring (bicyclic) bond motifs is 2. The molecule has 3 fully saturated rings. The Kier molecular flexibility index (Phi) is 3.04. The zero-order valence-electron chi connectivity index (χ0n) is 12.0. The second-order valence-electron chi connectivity index (χ2n) is 6.71. The first kappa shape index (κ1) is 12.4.